The Morgan fingerprint density at radius 3 is 2.46 bits per heavy atom. The summed E-state index contributed by atoms with van der Waals surface area (Å²) in [5.74, 6) is 0.0469. The summed E-state index contributed by atoms with van der Waals surface area (Å²) in [5.41, 5.74) is 0.800. The van der Waals surface area contributed by atoms with Crippen molar-refractivity contribution in [2.75, 3.05) is 40.3 Å². The highest BCUT2D eigenvalue weighted by molar-refractivity contribution is 7.89. The molecular formula is C16H25N3O4S. The molecule has 1 saturated heterocycles. The molecule has 0 saturated carbocycles. The van der Waals surface area contributed by atoms with Crippen LogP contribution in [0.2, 0.25) is 0 Å². The van der Waals surface area contributed by atoms with E-state index in [0.717, 1.165) is 18.7 Å². The van der Waals surface area contributed by atoms with Gasteiger partial charge in [-0.2, -0.15) is 4.72 Å². The minimum Gasteiger partial charge on any atom is -0.495 e. The number of rotatable bonds is 5. The lowest BCUT2D eigenvalue weighted by atomic mass is 10.2. The Labute approximate surface area is 143 Å². The number of nitrogens with zero attached hydrogens (tertiary/aromatic N) is 2. The van der Waals surface area contributed by atoms with Crippen molar-refractivity contribution in [3.8, 4) is 5.75 Å². The zero-order chi connectivity index (χ0) is 17.9. The first-order valence-corrected chi connectivity index (χ1v) is 9.37. The molecule has 0 spiro atoms. The third kappa shape index (κ3) is 4.25. The topological polar surface area (TPSA) is 78.9 Å². The summed E-state index contributed by atoms with van der Waals surface area (Å²) in [6, 6.07) is 4.09. The van der Waals surface area contributed by atoms with Gasteiger partial charge in [-0.3, -0.25) is 4.79 Å². The first-order chi connectivity index (χ1) is 11.2. The monoisotopic (exact) mass is 355 g/mol. The zero-order valence-corrected chi connectivity index (χ0v) is 15.4. The molecule has 1 aromatic rings. The van der Waals surface area contributed by atoms with Crippen LogP contribution in [0.3, 0.4) is 0 Å². The Balaban J connectivity index is 2.14. The highest BCUT2D eigenvalue weighted by Gasteiger charge is 2.29. The molecule has 134 valence electrons. The van der Waals surface area contributed by atoms with E-state index < -0.39 is 16.1 Å². The standard InChI is InChI=1S/C16H25N3O4S/c1-12-5-6-14(23-4)15(11-12)24(21,22)17-13(2)16(20)19-9-7-18(3)8-10-19/h5-6,11,13,17H,7-10H2,1-4H3/t13-/m1/s1. The van der Waals surface area contributed by atoms with Gasteiger partial charge in [-0.25, -0.2) is 8.42 Å². The summed E-state index contributed by atoms with van der Waals surface area (Å²) in [4.78, 5) is 16.4. The Morgan fingerprint density at radius 2 is 1.88 bits per heavy atom. The lowest BCUT2D eigenvalue weighted by Gasteiger charge is -2.34. The third-order valence-electron chi connectivity index (χ3n) is 4.13. The zero-order valence-electron chi connectivity index (χ0n) is 14.6. The first-order valence-electron chi connectivity index (χ1n) is 7.89. The van der Waals surface area contributed by atoms with Crippen LogP contribution in [-0.2, 0) is 14.8 Å². The average molecular weight is 355 g/mol. The van der Waals surface area contributed by atoms with Gasteiger partial charge in [0.2, 0.25) is 15.9 Å². The number of hydrogen-bond donors (Lipinski definition) is 1. The molecule has 2 rings (SSSR count). The van der Waals surface area contributed by atoms with Gasteiger partial charge in [-0.15, -0.1) is 0 Å². The molecule has 1 aliphatic rings. The molecule has 8 heteroatoms. The van der Waals surface area contributed by atoms with Gasteiger partial charge in [0.15, 0.2) is 0 Å². The number of likely N-dealkylation sites (N-methyl/N-ethyl adjacent to an activating group) is 1. The van der Waals surface area contributed by atoms with E-state index in [9.17, 15) is 13.2 Å². The number of hydrogen-bond acceptors (Lipinski definition) is 5. The fraction of sp³-hybridized carbons (Fsp3) is 0.562. The molecular weight excluding hydrogens is 330 g/mol. The Hall–Kier alpha value is -1.64. The van der Waals surface area contributed by atoms with Gasteiger partial charge in [0, 0.05) is 26.2 Å². The molecule has 0 aliphatic carbocycles. The molecule has 0 aromatic heterocycles. The van der Waals surface area contributed by atoms with E-state index in [4.69, 9.17) is 4.74 Å². The molecule has 1 aromatic carbocycles. The Kier molecular flexibility index (Phi) is 5.84. The molecule has 7 nitrogen and oxygen atoms in total. The highest BCUT2D eigenvalue weighted by atomic mass is 32.2. The van der Waals surface area contributed by atoms with Gasteiger partial charge in [-0.05, 0) is 38.6 Å². The Bertz CT molecular complexity index is 697. The fourth-order valence-electron chi connectivity index (χ4n) is 2.64. The maximum atomic E-state index is 12.6. The fourth-order valence-corrected chi connectivity index (χ4v) is 4.09. The second kappa shape index (κ2) is 7.50. The van der Waals surface area contributed by atoms with Crippen molar-refractivity contribution in [1.29, 1.82) is 0 Å². The number of benzene rings is 1. The van der Waals surface area contributed by atoms with E-state index in [1.807, 2.05) is 7.05 Å². The molecule has 24 heavy (non-hydrogen) atoms. The number of piperazine rings is 1. The minimum atomic E-state index is -3.85. The van der Waals surface area contributed by atoms with Crippen LogP contribution >= 0.6 is 0 Å². The van der Waals surface area contributed by atoms with Crippen molar-refractivity contribution in [3.05, 3.63) is 23.8 Å². The van der Waals surface area contributed by atoms with Crippen LogP contribution < -0.4 is 9.46 Å². The lowest BCUT2D eigenvalue weighted by molar-refractivity contribution is -0.134. The summed E-state index contributed by atoms with van der Waals surface area (Å²) >= 11 is 0. The smallest absolute Gasteiger partial charge is 0.244 e. The summed E-state index contributed by atoms with van der Waals surface area (Å²) in [7, 11) is -0.435. The van der Waals surface area contributed by atoms with Crippen LogP contribution in [0.25, 0.3) is 0 Å². The van der Waals surface area contributed by atoms with Gasteiger partial charge in [0.25, 0.3) is 0 Å². The van der Waals surface area contributed by atoms with Crippen LogP contribution in [-0.4, -0.2) is 70.5 Å². The predicted molar refractivity (Wildman–Crippen MR) is 91.6 cm³/mol. The second-order valence-electron chi connectivity index (χ2n) is 6.13. The van der Waals surface area contributed by atoms with Gasteiger partial charge >= 0.3 is 0 Å². The maximum absolute atomic E-state index is 12.6. The summed E-state index contributed by atoms with van der Waals surface area (Å²) in [6.45, 7) is 6.16. The van der Waals surface area contributed by atoms with E-state index in [2.05, 4.69) is 9.62 Å². The largest absolute Gasteiger partial charge is 0.495 e. The highest BCUT2D eigenvalue weighted by Crippen LogP contribution is 2.24. The number of carbonyl (C=O) groups is 1. The number of aryl methyl sites for hydroxylation is 1. The van der Waals surface area contributed by atoms with Gasteiger partial charge in [0.1, 0.15) is 10.6 Å². The van der Waals surface area contributed by atoms with E-state index in [1.54, 1.807) is 30.9 Å². The van der Waals surface area contributed by atoms with Crippen LogP contribution in [0.4, 0.5) is 0 Å². The normalized spacial score (nSPS) is 17.6. The quantitative estimate of drug-likeness (QED) is 0.829. The van der Waals surface area contributed by atoms with Crippen LogP contribution in [0.15, 0.2) is 23.1 Å². The number of methoxy groups -OCH3 is 1. The average Bonchev–Trinajstić information content (AvgIpc) is 2.54. The van der Waals surface area contributed by atoms with Crippen molar-refractivity contribution in [1.82, 2.24) is 14.5 Å². The molecule has 1 N–H and O–H groups in total. The molecule has 0 unspecified atom stereocenters. The molecule has 1 amide bonds. The van der Waals surface area contributed by atoms with Crippen LogP contribution in [0.1, 0.15) is 12.5 Å². The molecule has 1 atom stereocenters. The van der Waals surface area contributed by atoms with Crippen molar-refractivity contribution >= 4 is 15.9 Å². The summed E-state index contributed by atoms with van der Waals surface area (Å²) in [6.07, 6.45) is 0. The number of sulfonamides is 1. The van der Waals surface area contributed by atoms with Crippen molar-refractivity contribution in [2.45, 2.75) is 24.8 Å². The van der Waals surface area contributed by atoms with E-state index >= 15 is 0 Å². The van der Waals surface area contributed by atoms with Crippen molar-refractivity contribution in [2.24, 2.45) is 0 Å². The summed E-state index contributed by atoms with van der Waals surface area (Å²) in [5, 5.41) is 0. The maximum Gasteiger partial charge on any atom is 0.244 e. The van der Waals surface area contributed by atoms with Gasteiger partial charge in [0.05, 0.1) is 13.2 Å². The third-order valence-corrected chi connectivity index (χ3v) is 5.69. The van der Waals surface area contributed by atoms with E-state index in [-0.39, 0.29) is 16.6 Å². The molecule has 1 aliphatic heterocycles. The van der Waals surface area contributed by atoms with Crippen molar-refractivity contribution in [3.63, 3.8) is 0 Å². The molecule has 1 heterocycles. The molecule has 0 radical (unpaired) electrons. The van der Waals surface area contributed by atoms with Gasteiger partial charge in [-0.1, -0.05) is 6.07 Å². The minimum absolute atomic E-state index is 0.0445. The van der Waals surface area contributed by atoms with Crippen LogP contribution in [0, 0.1) is 6.92 Å². The number of ether oxygens (including phenoxy) is 1. The van der Waals surface area contributed by atoms with Crippen LogP contribution in [0.5, 0.6) is 5.75 Å². The lowest BCUT2D eigenvalue weighted by Crippen LogP contribution is -2.53. The number of nitrogens with one attached hydrogen (secondary N) is 1. The van der Waals surface area contributed by atoms with Gasteiger partial charge < -0.3 is 14.5 Å². The molecule has 1 fully saturated rings. The SMILES string of the molecule is COc1ccc(C)cc1S(=O)(=O)N[C@H](C)C(=O)N1CCN(C)CC1. The second-order valence-corrected chi connectivity index (χ2v) is 7.81. The Morgan fingerprint density at radius 1 is 1.25 bits per heavy atom. The first kappa shape index (κ1) is 18.7. The van der Waals surface area contributed by atoms with E-state index in [0.29, 0.717) is 13.1 Å². The molecule has 0 bridgehead atoms. The number of carbonyl (C=O) groups excluding carboxylic acids is 1. The number of amides is 1. The summed E-state index contributed by atoms with van der Waals surface area (Å²) < 4.78 is 32.9. The predicted octanol–water partition coefficient (Wildman–Crippen LogP) is 0.444. The van der Waals surface area contributed by atoms with E-state index in [1.165, 1.54) is 13.2 Å². The van der Waals surface area contributed by atoms with Crippen molar-refractivity contribution < 1.29 is 17.9 Å².